The molecule has 0 bridgehead atoms. The molecule has 23 heavy (non-hydrogen) atoms. The zero-order valence-corrected chi connectivity index (χ0v) is 14.9. The van der Waals surface area contributed by atoms with Gasteiger partial charge in [0.15, 0.2) is 0 Å². The highest BCUT2D eigenvalue weighted by atomic mass is 32.2. The van der Waals surface area contributed by atoms with E-state index in [1.54, 1.807) is 13.8 Å². The minimum absolute atomic E-state index is 0.0456. The summed E-state index contributed by atoms with van der Waals surface area (Å²) < 4.78 is 50.8. The normalized spacial score (nSPS) is 13.0. The van der Waals surface area contributed by atoms with Crippen molar-refractivity contribution >= 4 is 26.0 Å². The number of nitrogens with zero attached hydrogens (tertiary/aromatic N) is 2. The fraction of sp³-hybridized carbons (Fsp3) is 0.462. The van der Waals surface area contributed by atoms with Gasteiger partial charge in [0.25, 0.3) is 0 Å². The lowest BCUT2D eigenvalue weighted by atomic mass is 10.4. The topological polar surface area (TPSA) is 112 Å². The average molecular weight is 364 g/mol. The molecule has 0 heterocycles. The van der Waals surface area contributed by atoms with Gasteiger partial charge in [-0.1, -0.05) is 0 Å². The number of sulfonamides is 2. The number of carbonyl (C=O) groups is 1. The van der Waals surface area contributed by atoms with Crippen LogP contribution in [0.3, 0.4) is 0 Å². The predicted molar refractivity (Wildman–Crippen MR) is 84.0 cm³/mol. The quantitative estimate of drug-likeness (QED) is 0.750. The van der Waals surface area contributed by atoms with Crippen molar-refractivity contribution in [2.24, 2.45) is 0 Å². The van der Waals surface area contributed by atoms with Gasteiger partial charge in [-0.05, 0) is 38.1 Å². The number of hydrogen-bond donors (Lipinski definition) is 1. The number of rotatable bonds is 7. The highest BCUT2D eigenvalue weighted by Crippen LogP contribution is 2.21. The molecule has 1 aromatic rings. The summed E-state index contributed by atoms with van der Waals surface area (Å²) in [6.45, 7) is 2.45. The first-order valence-electron chi connectivity index (χ1n) is 6.67. The fourth-order valence-electron chi connectivity index (χ4n) is 1.81. The van der Waals surface area contributed by atoms with Crippen LogP contribution in [-0.4, -0.2) is 63.2 Å². The van der Waals surface area contributed by atoms with Crippen LogP contribution < -0.4 is 0 Å². The van der Waals surface area contributed by atoms with Gasteiger partial charge in [-0.2, -0.15) is 4.31 Å². The first-order valence-corrected chi connectivity index (χ1v) is 9.55. The van der Waals surface area contributed by atoms with Crippen molar-refractivity contribution in [1.29, 1.82) is 0 Å². The van der Waals surface area contributed by atoms with Crippen molar-refractivity contribution in [3.63, 3.8) is 0 Å². The molecule has 8 nitrogen and oxygen atoms in total. The zero-order valence-electron chi connectivity index (χ0n) is 13.3. The van der Waals surface area contributed by atoms with Crippen molar-refractivity contribution in [2.45, 2.75) is 29.7 Å². The van der Waals surface area contributed by atoms with Crippen molar-refractivity contribution < 1.29 is 26.7 Å². The second-order valence-corrected chi connectivity index (χ2v) is 9.34. The van der Waals surface area contributed by atoms with Crippen molar-refractivity contribution in [1.82, 2.24) is 8.61 Å². The molecule has 0 aromatic heterocycles. The van der Waals surface area contributed by atoms with Crippen molar-refractivity contribution in [2.75, 3.05) is 20.6 Å². The fourth-order valence-corrected chi connectivity index (χ4v) is 4.30. The minimum Gasteiger partial charge on any atom is -0.480 e. The third kappa shape index (κ3) is 4.28. The lowest BCUT2D eigenvalue weighted by Crippen LogP contribution is -2.40. The number of aliphatic carboxylic acids is 1. The molecular formula is C13H20N2O6S2. The molecule has 10 heteroatoms. The summed E-state index contributed by atoms with van der Waals surface area (Å²) in [6, 6.07) is 4.12. The summed E-state index contributed by atoms with van der Waals surface area (Å²) in [5, 5.41) is 8.86. The summed E-state index contributed by atoms with van der Waals surface area (Å²) in [5.41, 5.74) is 0. The van der Waals surface area contributed by atoms with Crippen LogP contribution in [0.5, 0.6) is 0 Å². The third-order valence-corrected chi connectivity index (χ3v) is 6.94. The summed E-state index contributed by atoms with van der Waals surface area (Å²) in [7, 11) is -4.96. The van der Waals surface area contributed by atoms with E-state index in [4.69, 9.17) is 5.11 Å². The molecule has 130 valence electrons. The molecule has 0 unspecified atom stereocenters. The maximum absolute atomic E-state index is 12.5. The Morgan fingerprint density at radius 2 is 1.39 bits per heavy atom. The Bertz CT molecular complexity index is 767. The Hall–Kier alpha value is -1.49. The summed E-state index contributed by atoms with van der Waals surface area (Å²) in [4.78, 5) is 10.7. The molecule has 0 aliphatic rings. The van der Waals surface area contributed by atoms with Gasteiger partial charge in [-0.3, -0.25) is 4.79 Å². The van der Waals surface area contributed by atoms with Gasteiger partial charge in [0.2, 0.25) is 20.0 Å². The SMILES string of the molecule is CC(C)N(CC(=O)O)S(=O)(=O)c1ccc(S(=O)(=O)N(C)C)cc1. The van der Waals surface area contributed by atoms with E-state index in [2.05, 4.69) is 0 Å². The monoisotopic (exact) mass is 364 g/mol. The Morgan fingerprint density at radius 1 is 1.00 bits per heavy atom. The summed E-state index contributed by atoms with van der Waals surface area (Å²) in [5.74, 6) is -1.27. The number of hydrogen-bond acceptors (Lipinski definition) is 5. The van der Waals surface area contributed by atoms with Crippen LogP contribution in [-0.2, 0) is 24.8 Å². The molecule has 0 aliphatic carbocycles. The lowest BCUT2D eigenvalue weighted by Gasteiger charge is -2.24. The first kappa shape index (κ1) is 19.6. The second-order valence-electron chi connectivity index (χ2n) is 5.30. The van der Waals surface area contributed by atoms with E-state index in [1.807, 2.05) is 0 Å². The van der Waals surface area contributed by atoms with Crippen LogP contribution >= 0.6 is 0 Å². The Balaban J connectivity index is 3.28. The van der Waals surface area contributed by atoms with Crippen LogP contribution in [0.4, 0.5) is 0 Å². The standard InChI is InChI=1S/C13H20N2O6S2/c1-10(2)15(9-13(16)17)23(20,21)12-7-5-11(6-8-12)22(18,19)14(3)4/h5-8,10H,9H2,1-4H3,(H,16,17). The van der Waals surface area contributed by atoms with E-state index >= 15 is 0 Å². The smallest absolute Gasteiger partial charge is 0.318 e. The van der Waals surface area contributed by atoms with Gasteiger partial charge in [-0.15, -0.1) is 0 Å². The number of carboxylic acid groups (broad SMARTS) is 1. The Morgan fingerprint density at radius 3 is 1.70 bits per heavy atom. The summed E-state index contributed by atoms with van der Waals surface area (Å²) in [6.07, 6.45) is 0. The maximum Gasteiger partial charge on any atom is 0.318 e. The van der Waals surface area contributed by atoms with E-state index in [9.17, 15) is 21.6 Å². The minimum atomic E-state index is -4.03. The Kier molecular flexibility index (Phi) is 5.91. The van der Waals surface area contributed by atoms with Crippen molar-refractivity contribution in [3.8, 4) is 0 Å². The predicted octanol–water partition coefficient (Wildman–Crippen LogP) is 0.421. The van der Waals surface area contributed by atoms with Gasteiger partial charge in [0.05, 0.1) is 9.79 Å². The molecule has 0 radical (unpaired) electrons. The molecule has 0 saturated carbocycles. The second kappa shape index (κ2) is 6.95. The molecule has 0 spiro atoms. The van der Waals surface area contributed by atoms with E-state index in [0.717, 1.165) is 20.7 Å². The van der Waals surface area contributed by atoms with Crippen LogP contribution in [0.1, 0.15) is 13.8 Å². The lowest BCUT2D eigenvalue weighted by molar-refractivity contribution is -0.137. The number of benzene rings is 1. The van der Waals surface area contributed by atoms with Crippen LogP contribution in [0, 0.1) is 0 Å². The molecule has 0 atom stereocenters. The van der Waals surface area contributed by atoms with Crippen LogP contribution in [0.2, 0.25) is 0 Å². The molecule has 0 saturated heterocycles. The maximum atomic E-state index is 12.5. The van der Waals surface area contributed by atoms with Crippen molar-refractivity contribution in [3.05, 3.63) is 24.3 Å². The van der Waals surface area contributed by atoms with E-state index < -0.39 is 38.6 Å². The first-order chi connectivity index (χ1) is 10.4. The van der Waals surface area contributed by atoms with Gasteiger partial charge >= 0.3 is 5.97 Å². The van der Waals surface area contributed by atoms with Crippen LogP contribution in [0.15, 0.2) is 34.1 Å². The Labute approximate surface area is 136 Å². The summed E-state index contributed by atoms with van der Waals surface area (Å²) >= 11 is 0. The van der Waals surface area contributed by atoms with Crippen LogP contribution in [0.25, 0.3) is 0 Å². The molecule has 0 amide bonds. The third-order valence-electron chi connectivity index (χ3n) is 3.08. The molecule has 0 aliphatic heterocycles. The molecule has 1 aromatic carbocycles. The molecule has 1 rings (SSSR count). The van der Waals surface area contributed by atoms with E-state index in [0.29, 0.717) is 0 Å². The number of carboxylic acids is 1. The van der Waals surface area contributed by atoms with Gasteiger partial charge in [-0.25, -0.2) is 21.1 Å². The average Bonchev–Trinajstić information content (AvgIpc) is 2.44. The molecule has 0 fully saturated rings. The highest BCUT2D eigenvalue weighted by molar-refractivity contribution is 7.89. The van der Waals surface area contributed by atoms with Gasteiger partial charge < -0.3 is 5.11 Å². The molecule has 1 N–H and O–H groups in total. The van der Waals surface area contributed by atoms with E-state index in [1.165, 1.54) is 26.2 Å². The van der Waals surface area contributed by atoms with Gasteiger partial charge in [0.1, 0.15) is 6.54 Å². The van der Waals surface area contributed by atoms with E-state index in [-0.39, 0.29) is 9.79 Å². The highest BCUT2D eigenvalue weighted by Gasteiger charge is 2.29. The van der Waals surface area contributed by atoms with Gasteiger partial charge in [0, 0.05) is 20.1 Å². The zero-order chi connectivity index (χ0) is 18.0. The largest absolute Gasteiger partial charge is 0.480 e. The molecular weight excluding hydrogens is 344 g/mol.